The van der Waals surface area contributed by atoms with E-state index in [4.69, 9.17) is 16.3 Å². The van der Waals surface area contributed by atoms with Gasteiger partial charge in [-0.25, -0.2) is 14.3 Å². The van der Waals surface area contributed by atoms with Crippen LogP contribution >= 0.6 is 11.6 Å². The zero-order valence-corrected chi connectivity index (χ0v) is 20.4. The van der Waals surface area contributed by atoms with Crippen molar-refractivity contribution in [1.82, 2.24) is 9.78 Å². The molecule has 1 heterocycles. The third-order valence-electron chi connectivity index (χ3n) is 4.72. The van der Waals surface area contributed by atoms with E-state index in [-0.39, 0.29) is 5.92 Å². The largest absolute Gasteiger partial charge is 0.418 e. The molecular weight excluding hydrogens is 466 g/mol. The van der Waals surface area contributed by atoms with Crippen molar-refractivity contribution < 1.29 is 19.1 Å². The molecule has 35 heavy (non-hydrogen) atoms. The van der Waals surface area contributed by atoms with Crippen molar-refractivity contribution in [2.45, 2.75) is 26.7 Å². The fourth-order valence-electron chi connectivity index (χ4n) is 2.96. The molecule has 0 radical (unpaired) electrons. The lowest BCUT2D eigenvalue weighted by molar-refractivity contribution is 0.215. The van der Waals surface area contributed by atoms with E-state index < -0.39 is 11.5 Å². The van der Waals surface area contributed by atoms with Gasteiger partial charge in [0.15, 0.2) is 0 Å². The summed E-state index contributed by atoms with van der Waals surface area (Å²) < 4.78 is 11.6. The van der Waals surface area contributed by atoms with Crippen molar-refractivity contribution >= 4 is 28.9 Å². The van der Waals surface area contributed by atoms with Crippen molar-refractivity contribution in [1.29, 1.82) is 0 Å². The van der Waals surface area contributed by atoms with Gasteiger partial charge in [0.1, 0.15) is 17.3 Å². The summed E-state index contributed by atoms with van der Waals surface area (Å²) in [5.41, 5.74) is 2.13. The number of nitrogens with zero attached hydrogens (tertiary/aromatic N) is 2. The van der Waals surface area contributed by atoms with Gasteiger partial charge in [-0.3, -0.25) is 5.32 Å². The molecule has 3 aromatic carbocycles. The van der Waals surface area contributed by atoms with Crippen LogP contribution in [0.25, 0.3) is 5.69 Å². The Hall–Kier alpha value is -4.10. The SMILES string of the molecule is Cc1ccc(-n2nc(C(C)C)cc2NC(=O)Oc2ccccc2)cc1.O=C(Cl)Oc1ccccc1. The van der Waals surface area contributed by atoms with Crippen LogP contribution in [0.5, 0.6) is 11.5 Å². The summed E-state index contributed by atoms with van der Waals surface area (Å²) in [4.78, 5) is 22.4. The molecule has 0 saturated carbocycles. The van der Waals surface area contributed by atoms with Crippen molar-refractivity contribution in [2.24, 2.45) is 0 Å². The topological polar surface area (TPSA) is 82.5 Å². The van der Waals surface area contributed by atoms with Crippen molar-refractivity contribution in [3.8, 4) is 17.2 Å². The highest BCUT2D eigenvalue weighted by molar-refractivity contribution is 6.61. The van der Waals surface area contributed by atoms with Crippen molar-refractivity contribution in [2.75, 3.05) is 5.32 Å². The second kappa shape index (κ2) is 12.4. The third-order valence-corrected chi connectivity index (χ3v) is 4.80. The van der Waals surface area contributed by atoms with Gasteiger partial charge in [-0.05, 0) is 49.2 Å². The Bertz CT molecular complexity index is 1240. The Morgan fingerprint density at radius 1 is 0.857 bits per heavy atom. The van der Waals surface area contributed by atoms with E-state index in [9.17, 15) is 9.59 Å². The predicted molar refractivity (Wildman–Crippen MR) is 137 cm³/mol. The summed E-state index contributed by atoms with van der Waals surface area (Å²) in [6.07, 6.45) is -0.547. The Labute approximate surface area is 209 Å². The molecule has 1 aromatic heterocycles. The summed E-state index contributed by atoms with van der Waals surface area (Å²) in [5.74, 6) is 1.78. The third kappa shape index (κ3) is 8.01. The van der Waals surface area contributed by atoms with Gasteiger partial charge in [-0.15, -0.1) is 0 Å². The molecule has 0 atom stereocenters. The van der Waals surface area contributed by atoms with Crippen LogP contribution in [0.15, 0.2) is 91.0 Å². The normalized spacial score (nSPS) is 10.2. The molecule has 0 fully saturated rings. The molecule has 0 aliphatic heterocycles. The molecule has 0 unspecified atom stereocenters. The van der Waals surface area contributed by atoms with Gasteiger partial charge in [0.25, 0.3) is 0 Å². The number of nitrogens with one attached hydrogen (secondary N) is 1. The lowest BCUT2D eigenvalue weighted by atomic mass is 10.1. The maximum Gasteiger partial charge on any atom is 0.418 e. The van der Waals surface area contributed by atoms with Crippen LogP contribution in [0.4, 0.5) is 15.4 Å². The molecule has 1 amide bonds. The molecule has 4 rings (SSSR count). The van der Waals surface area contributed by atoms with Crippen LogP contribution in [-0.4, -0.2) is 21.3 Å². The summed E-state index contributed by atoms with van der Waals surface area (Å²) in [7, 11) is 0. The molecule has 180 valence electrons. The number of aryl methyl sites for hydroxylation is 1. The molecule has 0 aliphatic rings. The first kappa shape index (κ1) is 25.5. The van der Waals surface area contributed by atoms with Gasteiger partial charge in [-0.1, -0.05) is 67.9 Å². The number of ether oxygens (including phenoxy) is 2. The maximum absolute atomic E-state index is 12.2. The van der Waals surface area contributed by atoms with Gasteiger partial charge >= 0.3 is 11.5 Å². The van der Waals surface area contributed by atoms with Gasteiger partial charge in [0.05, 0.1) is 11.4 Å². The van der Waals surface area contributed by atoms with E-state index >= 15 is 0 Å². The summed E-state index contributed by atoms with van der Waals surface area (Å²) in [6, 6.07) is 27.5. The van der Waals surface area contributed by atoms with Gasteiger partial charge in [0.2, 0.25) is 0 Å². The Morgan fingerprint density at radius 2 is 1.40 bits per heavy atom. The Kier molecular flexibility index (Phi) is 9.03. The first-order chi connectivity index (χ1) is 16.8. The minimum Gasteiger partial charge on any atom is -0.415 e. The number of para-hydroxylation sites is 2. The lowest BCUT2D eigenvalue weighted by Crippen LogP contribution is -2.19. The summed E-state index contributed by atoms with van der Waals surface area (Å²) >= 11 is 4.95. The minimum absolute atomic E-state index is 0.248. The average Bonchev–Trinajstić information content (AvgIpc) is 3.25. The smallest absolute Gasteiger partial charge is 0.415 e. The molecule has 0 bridgehead atoms. The van der Waals surface area contributed by atoms with Gasteiger partial charge in [-0.2, -0.15) is 5.10 Å². The quantitative estimate of drug-likeness (QED) is 0.295. The number of amides is 1. The minimum atomic E-state index is -0.814. The van der Waals surface area contributed by atoms with E-state index in [1.54, 1.807) is 41.1 Å². The molecule has 0 spiro atoms. The number of anilines is 1. The van der Waals surface area contributed by atoms with Crippen LogP contribution < -0.4 is 14.8 Å². The number of halogens is 1. The van der Waals surface area contributed by atoms with E-state index in [0.717, 1.165) is 16.9 Å². The maximum atomic E-state index is 12.2. The molecule has 4 aromatic rings. The van der Waals surface area contributed by atoms with Gasteiger partial charge in [0, 0.05) is 17.7 Å². The number of carbonyl (C=O) groups excluding carboxylic acids is 2. The zero-order chi connectivity index (χ0) is 25.2. The molecule has 0 aliphatic carbocycles. The first-order valence-corrected chi connectivity index (χ1v) is 11.3. The summed E-state index contributed by atoms with van der Waals surface area (Å²) in [5, 5.41) is 7.40. The highest BCUT2D eigenvalue weighted by Crippen LogP contribution is 2.23. The first-order valence-electron chi connectivity index (χ1n) is 10.9. The van der Waals surface area contributed by atoms with Crippen LogP contribution in [0, 0.1) is 6.92 Å². The van der Waals surface area contributed by atoms with Crippen LogP contribution in [-0.2, 0) is 0 Å². The molecule has 8 heteroatoms. The second-order valence-corrected chi connectivity index (χ2v) is 8.15. The Morgan fingerprint density at radius 3 is 1.91 bits per heavy atom. The summed E-state index contributed by atoms with van der Waals surface area (Å²) in [6.45, 7) is 6.16. The van der Waals surface area contributed by atoms with Crippen LogP contribution in [0.3, 0.4) is 0 Å². The van der Waals surface area contributed by atoms with E-state index in [1.165, 1.54) is 0 Å². The zero-order valence-electron chi connectivity index (χ0n) is 19.6. The highest BCUT2D eigenvalue weighted by atomic mass is 35.5. The van der Waals surface area contributed by atoms with Crippen LogP contribution in [0.2, 0.25) is 0 Å². The number of aromatic nitrogens is 2. The molecule has 7 nitrogen and oxygen atoms in total. The fraction of sp³-hybridized carbons (Fsp3) is 0.148. The monoisotopic (exact) mass is 491 g/mol. The number of hydrogen-bond acceptors (Lipinski definition) is 5. The molecule has 1 N–H and O–H groups in total. The fourth-order valence-corrected chi connectivity index (χ4v) is 3.05. The van der Waals surface area contributed by atoms with Crippen molar-refractivity contribution in [3.05, 3.63) is 102 Å². The lowest BCUT2D eigenvalue weighted by Gasteiger charge is -2.09. The number of carbonyl (C=O) groups is 2. The number of rotatable bonds is 5. The number of hydrogen-bond donors (Lipinski definition) is 1. The highest BCUT2D eigenvalue weighted by Gasteiger charge is 2.15. The van der Waals surface area contributed by atoms with E-state index in [2.05, 4.69) is 29.0 Å². The van der Waals surface area contributed by atoms with E-state index in [1.807, 2.05) is 61.5 Å². The molecule has 0 saturated heterocycles. The van der Waals surface area contributed by atoms with Crippen LogP contribution in [0.1, 0.15) is 31.0 Å². The second-order valence-electron chi connectivity index (χ2n) is 7.84. The average molecular weight is 492 g/mol. The standard InChI is InChI=1S/C20H21N3O2.C7H5ClO2/c1-14(2)18-13-19(21-20(24)25-17-7-5-4-6-8-17)23(22-18)16-11-9-15(3)10-12-16;8-7(9)10-6-4-2-1-3-5-6/h4-14H,1-3H3,(H,21,24);1-5H. The molecular formula is C27H26ClN3O4. The predicted octanol–water partition coefficient (Wildman–Crippen LogP) is 7.34. The Balaban J connectivity index is 0.000000287. The van der Waals surface area contributed by atoms with Crippen molar-refractivity contribution in [3.63, 3.8) is 0 Å². The number of benzene rings is 3. The van der Waals surface area contributed by atoms with E-state index in [0.29, 0.717) is 17.3 Å². The van der Waals surface area contributed by atoms with Gasteiger partial charge < -0.3 is 9.47 Å².